The fraction of sp³-hybridized carbons (Fsp3) is 0.667. The van der Waals surface area contributed by atoms with Crippen LogP contribution in [0.1, 0.15) is 25.8 Å². The lowest BCUT2D eigenvalue weighted by molar-refractivity contribution is 0.191. The van der Waals surface area contributed by atoms with Crippen molar-refractivity contribution in [2.45, 2.75) is 33.2 Å². The van der Waals surface area contributed by atoms with E-state index in [0.29, 0.717) is 6.04 Å². The second-order valence-electron chi connectivity index (χ2n) is 4.05. The van der Waals surface area contributed by atoms with Gasteiger partial charge in [-0.1, -0.05) is 0 Å². The third-order valence-corrected chi connectivity index (χ3v) is 2.57. The Hall–Kier alpha value is -1.36. The molecule has 0 saturated heterocycles. The third kappa shape index (κ3) is 4.19. The molecule has 96 valence electrons. The van der Waals surface area contributed by atoms with Gasteiger partial charge < -0.3 is 15.4 Å². The summed E-state index contributed by atoms with van der Waals surface area (Å²) in [5.74, 6) is 1.78. The first-order chi connectivity index (χ1) is 8.19. The molecule has 5 nitrogen and oxygen atoms in total. The van der Waals surface area contributed by atoms with E-state index in [1.165, 1.54) is 0 Å². The summed E-state index contributed by atoms with van der Waals surface area (Å²) in [6.45, 7) is 7.79. The fourth-order valence-electron chi connectivity index (χ4n) is 1.54. The van der Waals surface area contributed by atoms with Crippen LogP contribution < -0.4 is 10.6 Å². The lowest BCUT2D eigenvalue weighted by atomic mass is 10.2. The van der Waals surface area contributed by atoms with Crippen molar-refractivity contribution < 1.29 is 4.74 Å². The summed E-state index contributed by atoms with van der Waals surface area (Å²) in [4.78, 5) is 8.48. The molecule has 1 aromatic heterocycles. The normalized spacial score (nSPS) is 12.2. The highest BCUT2D eigenvalue weighted by Crippen LogP contribution is 2.18. The Morgan fingerprint density at radius 2 is 2.06 bits per heavy atom. The fourth-order valence-corrected chi connectivity index (χ4v) is 1.54. The van der Waals surface area contributed by atoms with Gasteiger partial charge in [-0.15, -0.1) is 0 Å². The van der Waals surface area contributed by atoms with Gasteiger partial charge in [0.25, 0.3) is 0 Å². The second kappa shape index (κ2) is 7.06. The van der Waals surface area contributed by atoms with Gasteiger partial charge in [0.05, 0.1) is 0 Å². The maximum absolute atomic E-state index is 5.06. The molecule has 0 radical (unpaired) electrons. The van der Waals surface area contributed by atoms with E-state index in [9.17, 15) is 0 Å². The molecule has 0 saturated carbocycles. The standard InChI is InChI=1S/C12H22N4O/c1-5-13-11-10(3)12(15-8-14-11)16-9(2)6-7-17-4/h8-9H,5-7H2,1-4H3,(H2,13,14,15,16). The maximum atomic E-state index is 5.06. The smallest absolute Gasteiger partial charge is 0.134 e. The minimum absolute atomic E-state index is 0.332. The number of ether oxygens (including phenoxy) is 1. The quantitative estimate of drug-likeness (QED) is 0.761. The molecule has 1 unspecified atom stereocenters. The van der Waals surface area contributed by atoms with E-state index in [4.69, 9.17) is 4.74 Å². The SMILES string of the molecule is CCNc1ncnc(NC(C)CCOC)c1C. The van der Waals surface area contributed by atoms with Crippen LogP contribution in [0, 0.1) is 6.92 Å². The summed E-state index contributed by atoms with van der Waals surface area (Å²) in [6, 6.07) is 0.332. The molecule has 0 aliphatic carbocycles. The zero-order chi connectivity index (χ0) is 12.7. The van der Waals surface area contributed by atoms with Gasteiger partial charge in [-0.25, -0.2) is 9.97 Å². The Morgan fingerprint density at radius 3 is 2.71 bits per heavy atom. The summed E-state index contributed by atoms with van der Waals surface area (Å²) < 4.78 is 5.06. The van der Waals surface area contributed by atoms with Crippen molar-refractivity contribution in [3.05, 3.63) is 11.9 Å². The molecule has 0 spiro atoms. The first-order valence-corrected chi connectivity index (χ1v) is 6.00. The molecule has 0 amide bonds. The summed E-state index contributed by atoms with van der Waals surface area (Å²) >= 11 is 0. The molecule has 1 heterocycles. The van der Waals surface area contributed by atoms with E-state index in [1.54, 1.807) is 13.4 Å². The number of hydrogen-bond acceptors (Lipinski definition) is 5. The van der Waals surface area contributed by atoms with Gasteiger partial charge in [0.15, 0.2) is 0 Å². The van der Waals surface area contributed by atoms with Gasteiger partial charge in [0, 0.05) is 31.9 Å². The van der Waals surface area contributed by atoms with E-state index in [0.717, 1.165) is 36.8 Å². The molecule has 0 bridgehead atoms. The van der Waals surface area contributed by atoms with Crippen LogP contribution in [0.15, 0.2) is 6.33 Å². The molecular weight excluding hydrogens is 216 g/mol. The Bertz CT molecular complexity index is 343. The molecular formula is C12H22N4O. The largest absolute Gasteiger partial charge is 0.385 e. The molecule has 2 N–H and O–H groups in total. The molecule has 0 aliphatic rings. The van der Waals surface area contributed by atoms with Crippen molar-refractivity contribution >= 4 is 11.6 Å². The topological polar surface area (TPSA) is 59.1 Å². The molecule has 1 aromatic rings. The monoisotopic (exact) mass is 238 g/mol. The average Bonchev–Trinajstić information content (AvgIpc) is 2.32. The maximum Gasteiger partial charge on any atom is 0.134 e. The number of anilines is 2. The van der Waals surface area contributed by atoms with Crippen molar-refractivity contribution in [2.24, 2.45) is 0 Å². The van der Waals surface area contributed by atoms with E-state index >= 15 is 0 Å². The molecule has 0 aromatic carbocycles. The number of nitrogens with zero attached hydrogens (tertiary/aromatic N) is 2. The van der Waals surface area contributed by atoms with E-state index in [-0.39, 0.29) is 0 Å². The van der Waals surface area contributed by atoms with Crippen LogP contribution in [0.2, 0.25) is 0 Å². The summed E-state index contributed by atoms with van der Waals surface area (Å²) in [5.41, 5.74) is 1.05. The van der Waals surface area contributed by atoms with Crippen LogP contribution in [0.3, 0.4) is 0 Å². The van der Waals surface area contributed by atoms with Gasteiger partial charge in [-0.2, -0.15) is 0 Å². The minimum Gasteiger partial charge on any atom is -0.385 e. The molecule has 1 rings (SSSR count). The van der Waals surface area contributed by atoms with Crippen LogP contribution in [0.25, 0.3) is 0 Å². The number of aromatic nitrogens is 2. The van der Waals surface area contributed by atoms with Crippen molar-refractivity contribution in [3.8, 4) is 0 Å². The average molecular weight is 238 g/mol. The number of methoxy groups -OCH3 is 1. The highest BCUT2D eigenvalue weighted by atomic mass is 16.5. The van der Waals surface area contributed by atoms with Crippen molar-refractivity contribution in [1.29, 1.82) is 0 Å². The van der Waals surface area contributed by atoms with Crippen LogP contribution >= 0.6 is 0 Å². The van der Waals surface area contributed by atoms with Gasteiger partial charge in [0.1, 0.15) is 18.0 Å². The number of rotatable bonds is 7. The predicted molar refractivity (Wildman–Crippen MR) is 70.5 cm³/mol. The minimum atomic E-state index is 0.332. The van der Waals surface area contributed by atoms with Crippen molar-refractivity contribution in [2.75, 3.05) is 30.9 Å². The van der Waals surface area contributed by atoms with Crippen LogP contribution in [0.4, 0.5) is 11.6 Å². The summed E-state index contributed by atoms with van der Waals surface area (Å²) in [6.07, 6.45) is 2.53. The van der Waals surface area contributed by atoms with Crippen molar-refractivity contribution in [1.82, 2.24) is 9.97 Å². The highest BCUT2D eigenvalue weighted by Gasteiger charge is 2.08. The molecule has 5 heteroatoms. The summed E-state index contributed by atoms with van der Waals surface area (Å²) in [5, 5.41) is 6.59. The Labute approximate surface area is 103 Å². The van der Waals surface area contributed by atoms with Crippen molar-refractivity contribution in [3.63, 3.8) is 0 Å². The first kappa shape index (κ1) is 13.7. The van der Waals surface area contributed by atoms with Crippen LogP contribution in [-0.4, -0.2) is 36.3 Å². The number of hydrogen-bond donors (Lipinski definition) is 2. The van der Waals surface area contributed by atoms with Gasteiger partial charge >= 0.3 is 0 Å². The summed E-state index contributed by atoms with van der Waals surface area (Å²) in [7, 11) is 1.71. The lowest BCUT2D eigenvalue weighted by Gasteiger charge is -2.17. The second-order valence-corrected chi connectivity index (χ2v) is 4.05. The zero-order valence-electron chi connectivity index (χ0n) is 11.1. The van der Waals surface area contributed by atoms with Crippen LogP contribution in [0.5, 0.6) is 0 Å². The zero-order valence-corrected chi connectivity index (χ0v) is 11.1. The van der Waals surface area contributed by atoms with E-state index in [1.807, 2.05) is 6.92 Å². The number of nitrogens with one attached hydrogen (secondary N) is 2. The highest BCUT2D eigenvalue weighted by molar-refractivity contribution is 5.56. The van der Waals surface area contributed by atoms with Gasteiger partial charge in [0.2, 0.25) is 0 Å². The van der Waals surface area contributed by atoms with Gasteiger partial charge in [-0.3, -0.25) is 0 Å². The van der Waals surface area contributed by atoms with Crippen LogP contribution in [-0.2, 0) is 4.74 Å². The molecule has 1 atom stereocenters. The third-order valence-electron chi connectivity index (χ3n) is 2.57. The van der Waals surface area contributed by atoms with E-state index in [2.05, 4.69) is 34.4 Å². The molecule has 17 heavy (non-hydrogen) atoms. The lowest BCUT2D eigenvalue weighted by Crippen LogP contribution is -2.19. The van der Waals surface area contributed by atoms with E-state index < -0.39 is 0 Å². The Morgan fingerprint density at radius 1 is 1.35 bits per heavy atom. The Kier molecular flexibility index (Phi) is 5.69. The predicted octanol–water partition coefficient (Wildman–Crippen LogP) is 2.05. The molecule has 0 aliphatic heterocycles. The Balaban J connectivity index is 2.67. The molecule has 0 fully saturated rings. The van der Waals surface area contributed by atoms with Gasteiger partial charge in [-0.05, 0) is 27.2 Å². The first-order valence-electron chi connectivity index (χ1n) is 6.00.